The minimum absolute atomic E-state index is 0.0353. The number of aliphatic carboxylic acids is 1. The van der Waals surface area contributed by atoms with Crippen molar-refractivity contribution in [2.45, 2.75) is 32.3 Å². The molecule has 0 bridgehead atoms. The quantitative estimate of drug-likeness (QED) is 0.904. The maximum atomic E-state index is 12.2. The van der Waals surface area contributed by atoms with Crippen molar-refractivity contribution in [2.75, 3.05) is 19.7 Å². The number of nitrogens with zero attached hydrogens (tertiary/aromatic N) is 1. The van der Waals surface area contributed by atoms with Gasteiger partial charge in [-0.25, -0.2) is 0 Å². The summed E-state index contributed by atoms with van der Waals surface area (Å²) in [6.07, 6.45) is 1.66. The lowest BCUT2D eigenvalue weighted by atomic mass is 10.1. The van der Waals surface area contributed by atoms with E-state index in [4.69, 9.17) is 9.84 Å². The van der Waals surface area contributed by atoms with Gasteiger partial charge in [0.25, 0.3) is 5.91 Å². The molecule has 0 aliphatic carbocycles. The molecule has 0 radical (unpaired) electrons. The molecule has 0 atom stereocenters. The highest BCUT2D eigenvalue weighted by Crippen LogP contribution is 2.21. The lowest BCUT2D eigenvalue weighted by Crippen LogP contribution is -2.40. The van der Waals surface area contributed by atoms with Gasteiger partial charge in [-0.15, -0.1) is 11.3 Å². The van der Waals surface area contributed by atoms with E-state index in [1.165, 1.54) is 11.3 Å². The molecule has 1 N–H and O–H groups in total. The molecule has 1 amide bonds. The molecule has 110 valence electrons. The number of rotatable bonds is 5. The lowest BCUT2D eigenvalue weighted by molar-refractivity contribution is -0.138. The van der Waals surface area contributed by atoms with Crippen LogP contribution in [-0.4, -0.2) is 47.7 Å². The van der Waals surface area contributed by atoms with Gasteiger partial charge in [-0.1, -0.05) is 0 Å². The van der Waals surface area contributed by atoms with E-state index in [0.717, 1.165) is 22.6 Å². The molecule has 5 nitrogen and oxygen atoms in total. The number of carbonyl (C=O) groups excluding carboxylic acids is 1. The molecule has 2 rings (SSSR count). The normalized spacial score (nSPS) is 16.4. The van der Waals surface area contributed by atoms with Crippen molar-refractivity contribution in [1.29, 1.82) is 0 Å². The van der Waals surface area contributed by atoms with Gasteiger partial charge >= 0.3 is 5.97 Å². The Balaban J connectivity index is 1.76. The van der Waals surface area contributed by atoms with Gasteiger partial charge in [0.15, 0.2) is 0 Å². The summed E-state index contributed by atoms with van der Waals surface area (Å²) in [5.74, 6) is -0.752. The highest BCUT2D eigenvalue weighted by molar-refractivity contribution is 7.13. The van der Waals surface area contributed by atoms with Crippen molar-refractivity contribution >= 4 is 23.2 Å². The van der Waals surface area contributed by atoms with E-state index in [-0.39, 0.29) is 25.0 Å². The van der Waals surface area contributed by atoms with Gasteiger partial charge in [0.1, 0.15) is 0 Å². The molecule has 1 aromatic heterocycles. The minimum Gasteiger partial charge on any atom is -0.481 e. The van der Waals surface area contributed by atoms with Crippen molar-refractivity contribution in [2.24, 2.45) is 0 Å². The zero-order chi connectivity index (χ0) is 14.5. The summed E-state index contributed by atoms with van der Waals surface area (Å²) in [6, 6.07) is 3.83. The first-order valence-corrected chi connectivity index (χ1v) is 7.57. The molecule has 0 saturated carbocycles. The highest BCUT2D eigenvalue weighted by Gasteiger charge is 2.24. The zero-order valence-corrected chi connectivity index (χ0v) is 12.3. The Morgan fingerprint density at radius 1 is 1.40 bits per heavy atom. The van der Waals surface area contributed by atoms with Crippen molar-refractivity contribution in [3.63, 3.8) is 0 Å². The van der Waals surface area contributed by atoms with Crippen LogP contribution in [0.15, 0.2) is 12.1 Å². The van der Waals surface area contributed by atoms with Crippen LogP contribution in [0.3, 0.4) is 0 Å². The molecule has 20 heavy (non-hydrogen) atoms. The van der Waals surface area contributed by atoms with Crippen molar-refractivity contribution in [3.05, 3.63) is 21.9 Å². The van der Waals surface area contributed by atoms with Gasteiger partial charge < -0.3 is 14.7 Å². The van der Waals surface area contributed by atoms with E-state index >= 15 is 0 Å². The lowest BCUT2D eigenvalue weighted by Gasteiger charge is -2.31. The van der Waals surface area contributed by atoms with Gasteiger partial charge in [-0.2, -0.15) is 0 Å². The van der Waals surface area contributed by atoms with Crippen molar-refractivity contribution in [1.82, 2.24) is 4.90 Å². The Morgan fingerprint density at radius 2 is 2.10 bits per heavy atom. The summed E-state index contributed by atoms with van der Waals surface area (Å²) in [4.78, 5) is 26.4. The molecule has 1 fully saturated rings. The van der Waals surface area contributed by atoms with E-state index in [0.29, 0.717) is 13.1 Å². The van der Waals surface area contributed by atoms with Crippen LogP contribution in [0, 0.1) is 6.92 Å². The predicted octanol–water partition coefficient (Wildman–Crippen LogP) is 2.15. The topological polar surface area (TPSA) is 66.8 Å². The van der Waals surface area contributed by atoms with E-state index in [9.17, 15) is 9.59 Å². The smallest absolute Gasteiger partial charge is 0.305 e. The molecule has 0 aromatic carbocycles. The second kappa shape index (κ2) is 6.85. The molecule has 1 saturated heterocycles. The Labute approximate surface area is 122 Å². The fourth-order valence-electron chi connectivity index (χ4n) is 2.24. The number of carboxylic acids is 1. The van der Waals surface area contributed by atoms with Crippen LogP contribution in [0.25, 0.3) is 0 Å². The van der Waals surface area contributed by atoms with Gasteiger partial charge in [-0.3, -0.25) is 9.59 Å². The number of ether oxygens (including phenoxy) is 1. The number of hydrogen-bond acceptors (Lipinski definition) is 4. The monoisotopic (exact) mass is 297 g/mol. The largest absolute Gasteiger partial charge is 0.481 e. The molecule has 1 aliphatic heterocycles. The Bertz CT molecular complexity index is 477. The van der Waals surface area contributed by atoms with Crippen LogP contribution in [0.2, 0.25) is 0 Å². The van der Waals surface area contributed by atoms with Crippen LogP contribution in [-0.2, 0) is 9.53 Å². The van der Waals surface area contributed by atoms with E-state index in [2.05, 4.69) is 0 Å². The summed E-state index contributed by atoms with van der Waals surface area (Å²) in [6.45, 7) is 3.59. The maximum absolute atomic E-state index is 12.2. The summed E-state index contributed by atoms with van der Waals surface area (Å²) in [5.41, 5.74) is 0. The molecule has 1 aliphatic rings. The number of carbonyl (C=O) groups is 2. The zero-order valence-electron chi connectivity index (χ0n) is 11.5. The number of carboxylic acid groups (broad SMARTS) is 1. The maximum Gasteiger partial charge on any atom is 0.305 e. The average molecular weight is 297 g/mol. The second-order valence-electron chi connectivity index (χ2n) is 4.92. The number of likely N-dealkylation sites (tertiary alicyclic amines) is 1. The van der Waals surface area contributed by atoms with E-state index < -0.39 is 5.97 Å². The fourth-order valence-corrected chi connectivity index (χ4v) is 3.08. The summed E-state index contributed by atoms with van der Waals surface area (Å²) < 4.78 is 5.52. The van der Waals surface area contributed by atoms with Crippen LogP contribution in [0.1, 0.15) is 33.8 Å². The third-order valence-corrected chi connectivity index (χ3v) is 4.34. The Kier molecular flexibility index (Phi) is 5.14. The van der Waals surface area contributed by atoms with Gasteiger partial charge in [0, 0.05) is 18.0 Å². The molecule has 0 unspecified atom stereocenters. The first kappa shape index (κ1) is 15.0. The second-order valence-corrected chi connectivity index (χ2v) is 6.20. The van der Waals surface area contributed by atoms with Crippen LogP contribution in [0.5, 0.6) is 0 Å². The third-order valence-electron chi connectivity index (χ3n) is 3.35. The number of aryl methyl sites for hydroxylation is 1. The Morgan fingerprint density at radius 3 is 2.65 bits per heavy atom. The van der Waals surface area contributed by atoms with Gasteiger partial charge in [0.05, 0.1) is 24.0 Å². The van der Waals surface area contributed by atoms with Gasteiger partial charge in [-0.05, 0) is 31.9 Å². The van der Waals surface area contributed by atoms with Crippen LogP contribution < -0.4 is 0 Å². The number of piperidine rings is 1. The molecule has 0 spiro atoms. The Hall–Kier alpha value is -1.40. The summed E-state index contributed by atoms with van der Waals surface area (Å²) in [7, 11) is 0. The first-order chi connectivity index (χ1) is 9.56. The highest BCUT2D eigenvalue weighted by atomic mass is 32.1. The molecule has 1 aromatic rings. The molecular formula is C14H19NO4S. The fraction of sp³-hybridized carbons (Fsp3) is 0.571. The van der Waals surface area contributed by atoms with Crippen molar-refractivity contribution in [3.8, 4) is 0 Å². The minimum atomic E-state index is -0.842. The van der Waals surface area contributed by atoms with Crippen molar-refractivity contribution < 1.29 is 19.4 Å². The number of amides is 1. The number of hydrogen-bond donors (Lipinski definition) is 1. The predicted molar refractivity (Wildman–Crippen MR) is 76.2 cm³/mol. The standard InChI is InChI=1S/C14H19NO4S/c1-10-2-3-12(20-10)14(18)15-7-4-11(5-8-15)19-9-6-13(16)17/h2-3,11H,4-9H2,1H3,(H,16,17). The molecular weight excluding hydrogens is 278 g/mol. The number of thiophene rings is 1. The van der Waals surface area contributed by atoms with Crippen LogP contribution in [0.4, 0.5) is 0 Å². The van der Waals surface area contributed by atoms with Gasteiger partial charge in [0.2, 0.25) is 0 Å². The van der Waals surface area contributed by atoms with E-state index in [1.54, 1.807) is 0 Å². The summed E-state index contributed by atoms with van der Waals surface area (Å²) >= 11 is 1.52. The third kappa shape index (κ3) is 4.05. The molecule has 2 heterocycles. The van der Waals surface area contributed by atoms with Crippen LogP contribution >= 0.6 is 11.3 Å². The first-order valence-electron chi connectivity index (χ1n) is 6.75. The van der Waals surface area contributed by atoms with E-state index in [1.807, 2.05) is 24.0 Å². The SMILES string of the molecule is Cc1ccc(C(=O)N2CCC(OCCC(=O)O)CC2)s1. The molecule has 6 heteroatoms. The average Bonchev–Trinajstić information content (AvgIpc) is 2.85. The summed E-state index contributed by atoms with van der Waals surface area (Å²) in [5, 5.41) is 8.55.